The highest BCUT2D eigenvalue weighted by atomic mass is 19.4. The Kier molecular flexibility index (Phi) is 6.55. The average Bonchev–Trinajstić information content (AvgIpc) is 2.65. The standard InChI is InChI=1S/C19H20F3NO4/c1-25-15-10-17(27-3)16(26-2)9-13(15)11-23-18(24)8-12-4-6-14(7-5-12)19(20,21)22/h4-7,9-10H,8,11H2,1-3H3,(H,23,24). The molecule has 0 saturated carbocycles. The first-order valence-electron chi connectivity index (χ1n) is 8.00. The van der Waals surface area contributed by atoms with E-state index in [2.05, 4.69) is 5.32 Å². The lowest BCUT2D eigenvalue weighted by Gasteiger charge is -2.14. The van der Waals surface area contributed by atoms with E-state index in [0.717, 1.165) is 12.1 Å². The van der Waals surface area contributed by atoms with Gasteiger partial charge in [-0.15, -0.1) is 0 Å². The van der Waals surface area contributed by atoms with Crippen molar-refractivity contribution in [2.24, 2.45) is 0 Å². The Balaban J connectivity index is 2.03. The molecule has 0 heterocycles. The van der Waals surface area contributed by atoms with Crippen LogP contribution in [-0.2, 0) is 23.9 Å². The van der Waals surface area contributed by atoms with E-state index in [-0.39, 0.29) is 18.9 Å². The molecule has 0 saturated heterocycles. The van der Waals surface area contributed by atoms with Crippen molar-refractivity contribution in [2.75, 3.05) is 21.3 Å². The molecule has 8 heteroatoms. The van der Waals surface area contributed by atoms with Crippen LogP contribution in [0.2, 0.25) is 0 Å². The second-order valence-corrected chi connectivity index (χ2v) is 5.67. The van der Waals surface area contributed by atoms with E-state index in [9.17, 15) is 18.0 Å². The highest BCUT2D eigenvalue weighted by Gasteiger charge is 2.29. The summed E-state index contributed by atoms with van der Waals surface area (Å²) in [6.07, 6.45) is -4.43. The second-order valence-electron chi connectivity index (χ2n) is 5.67. The highest BCUT2D eigenvalue weighted by Crippen LogP contribution is 2.34. The van der Waals surface area contributed by atoms with Gasteiger partial charge in [0.2, 0.25) is 5.91 Å². The summed E-state index contributed by atoms with van der Waals surface area (Å²) in [5.74, 6) is 1.17. The molecular formula is C19H20F3NO4. The van der Waals surface area contributed by atoms with E-state index in [4.69, 9.17) is 14.2 Å². The predicted octanol–water partition coefficient (Wildman–Crippen LogP) is 3.59. The van der Waals surface area contributed by atoms with Crippen molar-refractivity contribution < 1.29 is 32.2 Å². The molecule has 2 aromatic carbocycles. The average molecular weight is 383 g/mol. The smallest absolute Gasteiger partial charge is 0.416 e. The fourth-order valence-electron chi connectivity index (χ4n) is 2.48. The topological polar surface area (TPSA) is 56.8 Å². The minimum atomic E-state index is -4.40. The van der Waals surface area contributed by atoms with Crippen molar-refractivity contribution in [2.45, 2.75) is 19.1 Å². The summed E-state index contributed by atoms with van der Waals surface area (Å²) in [6, 6.07) is 7.84. The number of hydrogen-bond acceptors (Lipinski definition) is 4. The minimum absolute atomic E-state index is 0.0340. The first-order chi connectivity index (χ1) is 12.8. The summed E-state index contributed by atoms with van der Waals surface area (Å²) < 4.78 is 53.4. The third-order valence-electron chi connectivity index (χ3n) is 3.91. The maximum absolute atomic E-state index is 12.6. The van der Waals surface area contributed by atoms with Gasteiger partial charge in [-0.1, -0.05) is 12.1 Å². The van der Waals surface area contributed by atoms with Crippen LogP contribution in [-0.4, -0.2) is 27.2 Å². The lowest BCUT2D eigenvalue weighted by atomic mass is 10.1. The van der Waals surface area contributed by atoms with Crippen molar-refractivity contribution >= 4 is 5.91 Å². The number of hydrogen-bond donors (Lipinski definition) is 1. The highest BCUT2D eigenvalue weighted by molar-refractivity contribution is 5.78. The molecule has 5 nitrogen and oxygen atoms in total. The molecule has 0 unspecified atom stereocenters. The number of alkyl halides is 3. The molecule has 146 valence electrons. The van der Waals surface area contributed by atoms with E-state index < -0.39 is 11.7 Å². The number of benzene rings is 2. The minimum Gasteiger partial charge on any atom is -0.496 e. The molecule has 0 atom stereocenters. The van der Waals surface area contributed by atoms with Gasteiger partial charge in [-0.3, -0.25) is 4.79 Å². The van der Waals surface area contributed by atoms with Crippen LogP contribution in [0, 0.1) is 0 Å². The number of carbonyl (C=O) groups is 1. The number of methoxy groups -OCH3 is 3. The number of amides is 1. The van der Waals surface area contributed by atoms with Crippen molar-refractivity contribution in [3.8, 4) is 17.2 Å². The van der Waals surface area contributed by atoms with Crippen LogP contribution >= 0.6 is 0 Å². The zero-order valence-electron chi connectivity index (χ0n) is 15.1. The van der Waals surface area contributed by atoms with Crippen molar-refractivity contribution in [3.63, 3.8) is 0 Å². The van der Waals surface area contributed by atoms with Gasteiger partial charge >= 0.3 is 6.18 Å². The quantitative estimate of drug-likeness (QED) is 0.794. The molecule has 27 heavy (non-hydrogen) atoms. The zero-order valence-corrected chi connectivity index (χ0v) is 15.1. The Morgan fingerprint density at radius 2 is 1.48 bits per heavy atom. The summed E-state index contributed by atoms with van der Waals surface area (Å²) in [6.45, 7) is 0.170. The normalized spacial score (nSPS) is 11.0. The van der Waals surface area contributed by atoms with Gasteiger partial charge in [0.1, 0.15) is 5.75 Å². The summed E-state index contributed by atoms with van der Waals surface area (Å²) >= 11 is 0. The first kappa shape index (κ1) is 20.4. The van der Waals surface area contributed by atoms with Crippen LogP contribution < -0.4 is 19.5 Å². The van der Waals surface area contributed by atoms with E-state index in [1.807, 2.05) is 0 Å². The fraction of sp³-hybridized carbons (Fsp3) is 0.316. The zero-order chi connectivity index (χ0) is 20.0. The summed E-state index contributed by atoms with van der Waals surface area (Å²) in [5.41, 5.74) is 0.414. The van der Waals surface area contributed by atoms with E-state index in [0.29, 0.717) is 28.4 Å². The molecular weight excluding hydrogens is 363 g/mol. The molecule has 2 rings (SSSR count). The second kappa shape index (κ2) is 8.66. The van der Waals surface area contributed by atoms with E-state index in [1.165, 1.54) is 33.5 Å². The molecule has 1 amide bonds. The number of ether oxygens (including phenoxy) is 3. The van der Waals surface area contributed by atoms with Crippen LogP contribution in [0.25, 0.3) is 0 Å². The lowest BCUT2D eigenvalue weighted by molar-refractivity contribution is -0.137. The van der Waals surface area contributed by atoms with Gasteiger partial charge in [0.15, 0.2) is 11.5 Å². The van der Waals surface area contributed by atoms with Crippen LogP contribution in [0.3, 0.4) is 0 Å². The molecule has 0 bridgehead atoms. The number of rotatable bonds is 7. The lowest BCUT2D eigenvalue weighted by Crippen LogP contribution is -2.24. The molecule has 0 aliphatic heterocycles. The van der Waals surface area contributed by atoms with Crippen molar-refractivity contribution in [1.82, 2.24) is 5.32 Å². The van der Waals surface area contributed by atoms with E-state index in [1.54, 1.807) is 12.1 Å². The van der Waals surface area contributed by atoms with Gasteiger partial charge in [-0.2, -0.15) is 13.2 Å². The largest absolute Gasteiger partial charge is 0.496 e. The van der Waals surface area contributed by atoms with Gasteiger partial charge in [0, 0.05) is 18.2 Å². The summed E-state index contributed by atoms with van der Waals surface area (Å²) in [4.78, 5) is 12.1. The van der Waals surface area contributed by atoms with Gasteiger partial charge in [0.05, 0.1) is 33.3 Å². The Hall–Kier alpha value is -2.90. The monoisotopic (exact) mass is 383 g/mol. The molecule has 0 spiro atoms. The molecule has 1 N–H and O–H groups in total. The SMILES string of the molecule is COc1cc(OC)c(OC)cc1CNC(=O)Cc1ccc(C(F)(F)F)cc1. The third kappa shape index (κ3) is 5.29. The number of nitrogens with one attached hydrogen (secondary N) is 1. The van der Waals surface area contributed by atoms with Gasteiger partial charge < -0.3 is 19.5 Å². The molecule has 0 fully saturated rings. The molecule has 0 aliphatic rings. The maximum Gasteiger partial charge on any atom is 0.416 e. The summed E-state index contributed by atoms with van der Waals surface area (Å²) in [5, 5.41) is 2.72. The third-order valence-corrected chi connectivity index (χ3v) is 3.91. The Morgan fingerprint density at radius 1 is 0.926 bits per heavy atom. The molecule has 0 radical (unpaired) electrons. The fourth-order valence-corrected chi connectivity index (χ4v) is 2.48. The predicted molar refractivity (Wildman–Crippen MR) is 93.1 cm³/mol. The Morgan fingerprint density at radius 3 is 2.00 bits per heavy atom. The van der Waals surface area contributed by atoms with Crippen molar-refractivity contribution in [1.29, 1.82) is 0 Å². The van der Waals surface area contributed by atoms with Crippen LogP contribution in [0.1, 0.15) is 16.7 Å². The van der Waals surface area contributed by atoms with E-state index >= 15 is 0 Å². The summed E-state index contributed by atoms with van der Waals surface area (Å²) in [7, 11) is 4.49. The van der Waals surface area contributed by atoms with Gasteiger partial charge in [-0.05, 0) is 23.8 Å². The van der Waals surface area contributed by atoms with Crippen LogP contribution in [0.4, 0.5) is 13.2 Å². The maximum atomic E-state index is 12.6. The van der Waals surface area contributed by atoms with Crippen LogP contribution in [0.15, 0.2) is 36.4 Å². The Labute approximate surface area is 155 Å². The number of carbonyl (C=O) groups excluding carboxylic acids is 1. The Bertz CT molecular complexity index is 789. The van der Waals surface area contributed by atoms with Gasteiger partial charge in [-0.25, -0.2) is 0 Å². The van der Waals surface area contributed by atoms with Gasteiger partial charge in [0.25, 0.3) is 0 Å². The molecule has 0 aliphatic carbocycles. The van der Waals surface area contributed by atoms with Crippen LogP contribution in [0.5, 0.6) is 17.2 Å². The molecule has 2 aromatic rings. The first-order valence-corrected chi connectivity index (χ1v) is 8.00. The molecule has 0 aromatic heterocycles. The van der Waals surface area contributed by atoms with Crippen molar-refractivity contribution in [3.05, 3.63) is 53.1 Å². The number of halogens is 3.